The fourth-order valence-corrected chi connectivity index (χ4v) is 3.82. The third kappa shape index (κ3) is 5.94. The SMILES string of the molecule is COCCC(C(=O)Nc1ccc(C(N)=O)c(F)c1)n1cc(OC)c(-c2cc(Cl)c(F)cc2C#N)cc1=O. The Morgan fingerprint density at radius 3 is 2.49 bits per heavy atom. The molecule has 2 aromatic carbocycles. The first-order valence-electron chi connectivity index (χ1n) is 10.7. The number of hydrogen-bond acceptors (Lipinski definition) is 6. The van der Waals surface area contributed by atoms with E-state index in [0.717, 1.165) is 28.8 Å². The van der Waals surface area contributed by atoms with E-state index in [1.807, 2.05) is 6.07 Å². The summed E-state index contributed by atoms with van der Waals surface area (Å²) >= 11 is 5.90. The summed E-state index contributed by atoms with van der Waals surface area (Å²) in [4.78, 5) is 37.6. The molecule has 1 atom stereocenters. The fraction of sp³-hybridized carbons (Fsp3) is 0.200. The molecule has 1 unspecified atom stereocenters. The van der Waals surface area contributed by atoms with Crippen LogP contribution in [0.3, 0.4) is 0 Å². The van der Waals surface area contributed by atoms with E-state index in [-0.39, 0.29) is 51.7 Å². The maximum Gasteiger partial charge on any atom is 0.252 e. The number of halogens is 3. The number of nitrogens with one attached hydrogen (secondary N) is 1. The van der Waals surface area contributed by atoms with Crippen molar-refractivity contribution in [1.29, 1.82) is 5.26 Å². The molecule has 1 aromatic heterocycles. The minimum atomic E-state index is -1.12. The molecule has 0 aliphatic heterocycles. The molecule has 0 radical (unpaired) electrons. The Morgan fingerprint density at radius 2 is 1.89 bits per heavy atom. The summed E-state index contributed by atoms with van der Waals surface area (Å²) in [6.45, 7) is 0.0930. The van der Waals surface area contributed by atoms with Crippen molar-refractivity contribution in [2.24, 2.45) is 5.73 Å². The van der Waals surface area contributed by atoms with Crippen molar-refractivity contribution in [3.05, 3.63) is 80.7 Å². The lowest BCUT2D eigenvalue weighted by molar-refractivity contribution is -0.119. The number of benzene rings is 2. The van der Waals surface area contributed by atoms with E-state index in [1.54, 1.807) is 0 Å². The summed E-state index contributed by atoms with van der Waals surface area (Å²) in [5, 5.41) is 11.7. The number of carbonyl (C=O) groups excluding carboxylic acids is 2. The van der Waals surface area contributed by atoms with Crippen LogP contribution >= 0.6 is 11.6 Å². The van der Waals surface area contributed by atoms with Crippen LogP contribution in [0.15, 0.2) is 47.4 Å². The zero-order valence-electron chi connectivity index (χ0n) is 19.7. The first-order chi connectivity index (χ1) is 17.6. The van der Waals surface area contributed by atoms with Crippen molar-refractivity contribution in [3.63, 3.8) is 0 Å². The van der Waals surface area contributed by atoms with Crippen molar-refractivity contribution < 1.29 is 27.8 Å². The second-order valence-electron chi connectivity index (χ2n) is 7.77. The van der Waals surface area contributed by atoms with Crippen LogP contribution in [-0.4, -0.2) is 37.2 Å². The number of aromatic nitrogens is 1. The molecule has 3 rings (SSSR count). The lowest BCUT2D eigenvalue weighted by Gasteiger charge is -2.21. The number of hydrogen-bond donors (Lipinski definition) is 2. The van der Waals surface area contributed by atoms with Gasteiger partial charge in [0.15, 0.2) is 0 Å². The molecular formula is C25H21ClF2N4O5. The van der Waals surface area contributed by atoms with Crippen molar-refractivity contribution >= 4 is 29.1 Å². The molecule has 3 aromatic rings. The van der Waals surface area contributed by atoms with Gasteiger partial charge in [-0.1, -0.05) is 11.6 Å². The molecule has 0 aliphatic carbocycles. The molecule has 0 saturated carbocycles. The van der Waals surface area contributed by atoms with Gasteiger partial charge in [0.1, 0.15) is 23.4 Å². The van der Waals surface area contributed by atoms with E-state index in [9.17, 15) is 28.4 Å². The summed E-state index contributed by atoms with van der Waals surface area (Å²) in [5.74, 6) is -3.26. The van der Waals surface area contributed by atoms with Crippen LogP contribution in [0.2, 0.25) is 5.02 Å². The standard InChI is InChI=1S/C25H21ClF2N4O5/c1-36-6-5-21(25(35)31-14-3-4-15(24(30)34)19(27)8-14)32-12-22(37-2)17(10-23(32)33)16-9-18(26)20(28)7-13(16)11-29/h3-4,7-10,12,21H,5-6H2,1-2H3,(H2,30,34)(H,31,35). The fourth-order valence-electron chi connectivity index (χ4n) is 3.65. The molecular weight excluding hydrogens is 510 g/mol. The number of ether oxygens (including phenoxy) is 2. The molecule has 192 valence electrons. The van der Waals surface area contributed by atoms with Gasteiger partial charge in [-0.2, -0.15) is 5.26 Å². The minimum Gasteiger partial charge on any atom is -0.495 e. The average molecular weight is 531 g/mol. The van der Waals surface area contributed by atoms with Gasteiger partial charge < -0.3 is 20.5 Å². The topological polar surface area (TPSA) is 136 Å². The molecule has 3 N–H and O–H groups in total. The second kappa shape index (κ2) is 11.6. The molecule has 37 heavy (non-hydrogen) atoms. The van der Waals surface area contributed by atoms with Crippen molar-refractivity contribution in [1.82, 2.24) is 4.57 Å². The molecule has 9 nitrogen and oxygen atoms in total. The molecule has 0 aliphatic rings. The number of methoxy groups -OCH3 is 2. The van der Waals surface area contributed by atoms with Gasteiger partial charge in [-0.05, 0) is 30.3 Å². The highest BCUT2D eigenvalue weighted by atomic mass is 35.5. The van der Waals surface area contributed by atoms with Crippen LogP contribution in [0.4, 0.5) is 14.5 Å². The van der Waals surface area contributed by atoms with Crippen LogP contribution in [-0.2, 0) is 9.53 Å². The maximum atomic E-state index is 14.2. The highest BCUT2D eigenvalue weighted by Crippen LogP contribution is 2.34. The first-order valence-corrected chi connectivity index (χ1v) is 11.1. The van der Waals surface area contributed by atoms with Gasteiger partial charge in [0.25, 0.3) is 11.5 Å². The Balaban J connectivity index is 2.06. The molecule has 0 bridgehead atoms. The third-order valence-electron chi connectivity index (χ3n) is 5.47. The van der Waals surface area contributed by atoms with Crippen molar-refractivity contribution in [2.45, 2.75) is 12.5 Å². The van der Waals surface area contributed by atoms with Gasteiger partial charge in [0.2, 0.25) is 5.91 Å². The highest BCUT2D eigenvalue weighted by Gasteiger charge is 2.25. The van der Waals surface area contributed by atoms with E-state index >= 15 is 0 Å². The number of pyridine rings is 1. The summed E-state index contributed by atoms with van der Waals surface area (Å²) in [5.41, 5.74) is 4.40. The van der Waals surface area contributed by atoms with E-state index in [2.05, 4.69) is 5.32 Å². The Hall–Kier alpha value is -4.27. The molecule has 0 fully saturated rings. The first kappa shape index (κ1) is 27.3. The number of nitrogens with zero attached hydrogens (tertiary/aromatic N) is 2. The second-order valence-corrected chi connectivity index (χ2v) is 8.18. The van der Waals surface area contributed by atoms with Gasteiger partial charge in [-0.15, -0.1) is 0 Å². The van der Waals surface area contributed by atoms with Crippen LogP contribution in [0.25, 0.3) is 11.1 Å². The average Bonchev–Trinajstić information content (AvgIpc) is 2.86. The molecule has 12 heteroatoms. The lowest BCUT2D eigenvalue weighted by atomic mass is 10.00. The molecule has 0 spiro atoms. The van der Waals surface area contributed by atoms with Crippen LogP contribution in [0, 0.1) is 23.0 Å². The third-order valence-corrected chi connectivity index (χ3v) is 5.76. The van der Waals surface area contributed by atoms with Crippen LogP contribution in [0.1, 0.15) is 28.4 Å². The summed E-state index contributed by atoms with van der Waals surface area (Å²) < 4.78 is 39.6. The Bertz CT molecular complexity index is 1470. The number of rotatable bonds is 9. The van der Waals surface area contributed by atoms with Crippen molar-refractivity contribution in [2.75, 3.05) is 26.1 Å². The largest absolute Gasteiger partial charge is 0.495 e. The van der Waals surface area contributed by atoms with E-state index in [4.69, 9.17) is 26.8 Å². The maximum absolute atomic E-state index is 14.2. The van der Waals surface area contributed by atoms with Crippen molar-refractivity contribution in [3.8, 4) is 22.9 Å². The van der Waals surface area contributed by atoms with E-state index < -0.39 is 35.0 Å². The number of nitriles is 1. The molecule has 2 amide bonds. The number of anilines is 1. The molecule has 0 saturated heterocycles. The predicted molar refractivity (Wildman–Crippen MR) is 131 cm³/mol. The van der Waals surface area contributed by atoms with Gasteiger partial charge >= 0.3 is 0 Å². The number of nitrogens with two attached hydrogens (primary N) is 1. The van der Waals surface area contributed by atoms with Crippen LogP contribution in [0.5, 0.6) is 5.75 Å². The minimum absolute atomic E-state index is 0.0335. The summed E-state index contributed by atoms with van der Waals surface area (Å²) in [6, 6.07) is 7.37. The Labute approximate surface area is 215 Å². The van der Waals surface area contributed by atoms with Crippen LogP contribution < -0.4 is 21.3 Å². The quantitative estimate of drug-likeness (QED) is 0.433. The highest BCUT2D eigenvalue weighted by molar-refractivity contribution is 6.31. The van der Waals surface area contributed by atoms with Gasteiger partial charge in [0, 0.05) is 43.0 Å². The number of primary amides is 1. The zero-order valence-corrected chi connectivity index (χ0v) is 20.4. The zero-order chi connectivity index (χ0) is 27.3. The monoisotopic (exact) mass is 530 g/mol. The Kier molecular flexibility index (Phi) is 8.60. The smallest absolute Gasteiger partial charge is 0.252 e. The lowest BCUT2D eigenvalue weighted by Crippen LogP contribution is -2.34. The summed E-state index contributed by atoms with van der Waals surface area (Å²) in [7, 11) is 2.74. The van der Waals surface area contributed by atoms with Gasteiger partial charge in [-0.3, -0.25) is 19.0 Å². The number of amides is 2. The van der Waals surface area contributed by atoms with Gasteiger partial charge in [-0.25, -0.2) is 8.78 Å². The molecule has 1 heterocycles. The van der Waals surface area contributed by atoms with E-state index in [0.29, 0.717) is 0 Å². The van der Waals surface area contributed by atoms with E-state index in [1.165, 1.54) is 32.5 Å². The normalized spacial score (nSPS) is 11.5. The predicted octanol–water partition coefficient (Wildman–Crippen LogP) is 3.64. The number of carbonyl (C=O) groups is 2. The Morgan fingerprint density at radius 1 is 1.16 bits per heavy atom. The van der Waals surface area contributed by atoms with Gasteiger partial charge in [0.05, 0.1) is 35.5 Å². The summed E-state index contributed by atoms with van der Waals surface area (Å²) in [6.07, 6.45) is 1.32.